The lowest BCUT2D eigenvalue weighted by molar-refractivity contribution is -0.137. The van der Waals surface area contributed by atoms with E-state index >= 15 is 0 Å². The molecule has 0 bridgehead atoms. The van der Waals surface area contributed by atoms with Gasteiger partial charge in [-0.15, -0.1) is 0 Å². The van der Waals surface area contributed by atoms with Crippen LogP contribution in [0.5, 0.6) is 0 Å². The van der Waals surface area contributed by atoms with Gasteiger partial charge in [-0.2, -0.15) is 0 Å². The number of hydrogen-bond acceptors (Lipinski definition) is 7. The lowest BCUT2D eigenvalue weighted by Gasteiger charge is -2.14. The van der Waals surface area contributed by atoms with E-state index in [1.165, 1.54) is 23.3 Å². The van der Waals surface area contributed by atoms with Gasteiger partial charge in [0.15, 0.2) is 11.6 Å². The molecule has 10 nitrogen and oxygen atoms in total. The molecule has 2 aliphatic rings. The number of aryl methyl sites for hydroxylation is 2. The maximum Gasteiger partial charge on any atom is 0.303 e. The minimum absolute atomic E-state index is 0.00346. The third kappa shape index (κ3) is 20.1. The van der Waals surface area contributed by atoms with Crippen LogP contribution in [0.2, 0.25) is 20.1 Å². The van der Waals surface area contributed by atoms with Gasteiger partial charge in [0, 0.05) is 70.7 Å². The Labute approximate surface area is 464 Å². The molecule has 2 aliphatic carbocycles. The van der Waals surface area contributed by atoms with Crippen LogP contribution in [0.1, 0.15) is 152 Å². The monoisotopic (exact) mass is 1110 g/mol. The third-order valence-electron chi connectivity index (χ3n) is 13.3. The van der Waals surface area contributed by atoms with E-state index < -0.39 is 11.8 Å². The van der Waals surface area contributed by atoms with Crippen LogP contribution < -0.4 is 16.4 Å². The van der Waals surface area contributed by atoms with Crippen molar-refractivity contribution in [2.45, 2.75) is 134 Å². The van der Waals surface area contributed by atoms with Gasteiger partial charge in [0.25, 0.3) is 0 Å². The van der Waals surface area contributed by atoms with Gasteiger partial charge < -0.3 is 21.5 Å². The van der Waals surface area contributed by atoms with Crippen LogP contribution in [-0.2, 0) is 60.9 Å². The van der Waals surface area contributed by atoms with Crippen molar-refractivity contribution in [2.24, 2.45) is 0 Å². The smallest absolute Gasteiger partial charge is 0.303 e. The number of carboxylic acids is 1. The molecule has 7 rings (SSSR count). The second-order valence-corrected chi connectivity index (χ2v) is 21.3. The van der Waals surface area contributed by atoms with Gasteiger partial charge in [0.1, 0.15) is 11.6 Å². The Balaban J connectivity index is 0.000000252. The fourth-order valence-electron chi connectivity index (χ4n) is 9.54. The number of amides is 2. The molecule has 0 saturated carbocycles. The van der Waals surface area contributed by atoms with E-state index in [1.807, 2.05) is 36.4 Å². The van der Waals surface area contributed by atoms with Crippen molar-refractivity contribution in [3.8, 4) is 0 Å². The Kier molecular flexibility index (Phi) is 23.3. The summed E-state index contributed by atoms with van der Waals surface area (Å²) >= 11 is 24.0. The average Bonchev–Trinajstić information content (AvgIpc) is 3.95. The van der Waals surface area contributed by atoms with Crippen molar-refractivity contribution in [1.82, 2.24) is 10.6 Å². The van der Waals surface area contributed by atoms with Gasteiger partial charge in [0.05, 0.1) is 12.1 Å². The number of anilines is 1. The van der Waals surface area contributed by atoms with E-state index in [2.05, 4.69) is 22.8 Å². The normalized spacial score (nSPS) is 14.5. The van der Waals surface area contributed by atoms with Crippen LogP contribution >= 0.6 is 46.4 Å². The first-order valence-corrected chi connectivity index (χ1v) is 27.4. The number of Topliss-reactive ketones (excluding diaryl/α,β-unsaturated/α-hetero) is 1. The zero-order chi connectivity index (χ0) is 54.6. The Morgan fingerprint density at radius 2 is 0.974 bits per heavy atom. The van der Waals surface area contributed by atoms with Crippen molar-refractivity contribution in [2.75, 3.05) is 5.73 Å². The molecular weight excluding hydrogens is 1050 g/mol. The number of carbonyl (C=O) groups excluding carboxylic acids is 5. The fraction of sp³-hybridized carbons (Fsp3) is 0.344. The molecule has 2 amide bonds. The molecule has 15 heteroatoms. The standard InChI is InChI=1S/C34H35Cl2FN2O3.C27H29Cl2NO4/c35-26-16-23(17-27(36)20-26)18-30(41)12-7-22-8-13-31-24(15-22)10-14-33(31)39-34(42)6-4-2-1-3-5-29(40)19-25-9-11-28(37)21-32(25)38;28-21-14-19(15-22(29)17-21)16-23(31)10-7-18-8-11-24-20(13-18)9-12-25(24)30-26(32)5-3-1-2-4-6-27(33)34/h7-9,11-13,15-17,20-21,33H,1-6,10,14,18-19,38H2,(H,39,42);7-8,10-11,13-15,17,25H,1-6,9,12,16H2,(H,30,32)(H,33,34)/b12-7+;10-7+. The minimum atomic E-state index is -0.772. The Morgan fingerprint density at radius 3 is 1.41 bits per heavy atom. The topological polar surface area (TPSA) is 173 Å². The van der Waals surface area contributed by atoms with Crippen molar-refractivity contribution < 1.29 is 38.3 Å². The molecular formula is C61H64Cl4FN3O7. The molecule has 0 aliphatic heterocycles. The number of nitrogens with one attached hydrogen (secondary N) is 2. The summed E-state index contributed by atoms with van der Waals surface area (Å²) in [7, 11) is 0. The van der Waals surface area contributed by atoms with Gasteiger partial charge in [-0.05, 0) is 162 Å². The first-order chi connectivity index (χ1) is 36.5. The van der Waals surface area contributed by atoms with E-state index in [4.69, 9.17) is 57.2 Å². The number of carboxylic acid groups (broad SMARTS) is 1. The second-order valence-electron chi connectivity index (χ2n) is 19.5. The highest BCUT2D eigenvalue weighted by Crippen LogP contribution is 2.34. The summed E-state index contributed by atoms with van der Waals surface area (Å²) in [5.41, 5.74) is 14.8. The highest BCUT2D eigenvalue weighted by atomic mass is 35.5. The summed E-state index contributed by atoms with van der Waals surface area (Å²) < 4.78 is 13.2. The largest absolute Gasteiger partial charge is 0.481 e. The van der Waals surface area contributed by atoms with Crippen molar-refractivity contribution in [3.05, 3.63) is 179 Å². The van der Waals surface area contributed by atoms with Crippen molar-refractivity contribution >= 4 is 99.4 Å². The summed E-state index contributed by atoms with van der Waals surface area (Å²) in [6, 6.07) is 26.5. The highest BCUT2D eigenvalue weighted by Gasteiger charge is 2.25. The predicted molar refractivity (Wildman–Crippen MR) is 302 cm³/mol. The number of hydrogen-bond donors (Lipinski definition) is 4. The van der Waals surface area contributed by atoms with Gasteiger partial charge in [-0.25, -0.2) is 4.39 Å². The number of halogens is 5. The Hall–Kier alpha value is -6.11. The molecule has 0 saturated heterocycles. The van der Waals surface area contributed by atoms with Crippen molar-refractivity contribution in [1.29, 1.82) is 0 Å². The number of benzene rings is 5. The molecule has 2 unspecified atom stereocenters. The van der Waals surface area contributed by atoms with Gasteiger partial charge in [0.2, 0.25) is 11.8 Å². The van der Waals surface area contributed by atoms with Crippen LogP contribution in [0.4, 0.5) is 10.1 Å². The summed E-state index contributed by atoms with van der Waals surface area (Å²) in [5, 5.41) is 17.0. The Bertz CT molecular complexity index is 2920. The molecule has 0 aromatic heterocycles. The quantitative estimate of drug-likeness (QED) is 0.0241. The number of fused-ring (bicyclic) bond motifs is 2. The van der Waals surface area contributed by atoms with Crippen molar-refractivity contribution in [3.63, 3.8) is 0 Å². The van der Waals surface area contributed by atoms with Gasteiger partial charge in [-0.3, -0.25) is 28.8 Å². The summed E-state index contributed by atoms with van der Waals surface area (Å²) in [6.07, 6.45) is 18.8. The minimum Gasteiger partial charge on any atom is -0.481 e. The molecule has 0 heterocycles. The zero-order valence-electron chi connectivity index (χ0n) is 42.4. The molecule has 5 aromatic carbocycles. The number of ketones is 3. The number of nitrogens with two attached hydrogens (primary N) is 1. The number of allylic oxidation sites excluding steroid dienone is 2. The first-order valence-electron chi connectivity index (χ1n) is 25.9. The number of carbonyl (C=O) groups is 6. The molecule has 0 radical (unpaired) electrons. The molecule has 0 spiro atoms. The van der Waals surface area contributed by atoms with Crippen LogP contribution in [-0.4, -0.2) is 40.2 Å². The molecule has 2 atom stereocenters. The molecule has 400 valence electrons. The molecule has 76 heavy (non-hydrogen) atoms. The van der Waals surface area contributed by atoms with Gasteiger partial charge >= 0.3 is 5.97 Å². The Morgan fingerprint density at radius 1 is 0.539 bits per heavy atom. The first kappa shape index (κ1) is 59.1. The summed E-state index contributed by atoms with van der Waals surface area (Å²) in [4.78, 5) is 72.4. The van der Waals surface area contributed by atoms with Crippen LogP contribution in [0.15, 0.2) is 103 Å². The zero-order valence-corrected chi connectivity index (χ0v) is 45.4. The van der Waals surface area contributed by atoms with E-state index in [-0.39, 0.29) is 66.9 Å². The number of nitrogen functional groups attached to an aromatic ring is 1. The van der Waals surface area contributed by atoms with E-state index in [0.717, 1.165) is 104 Å². The second kappa shape index (κ2) is 30.0. The van der Waals surface area contributed by atoms with E-state index in [1.54, 1.807) is 54.6 Å². The third-order valence-corrected chi connectivity index (χ3v) is 14.2. The molecule has 5 N–H and O–H groups in total. The summed E-state index contributed by atoms with van der Waals surface area (Å²) in [5.74, 6) is -1.11. The average molecular weight is 1110 g/mol. The predicted octanol–water partition coefficient (Wildman–Crippen LogP) is 14.1. The SMILES string of the molecule is Nc1cc(F)ccc1CC(=O)CCCCCCC(=O)NC1CCc2cc(/C=C/C(=O)Cc3cc(Cl)cc(Cl)c3)ccc21.O=C(O)CCCCCCC(=O)NC1CCc2cc(/C=C/C(=O)Cc3cc(Cl)cc(Cl)c3)ccc21. The summed E-state index contributed by atoms with van der Waals surface area (Å²) in [6.45, 7) is 0. The number of rotatable bonds is 26. The lowest BCUT2D eigenvalue weighted by atomic mass is 10.0. The number of unbranched alkanes of at least 4 members (excludes halogenated alkanes) is 6. The van der Waals surface area contributed by atoms with E-state index in [9.17, 15) is 33.2 Å². The lowest BCUT2D eigenvalue weighted by Crippen LogP contribution is -2.26. The van der Waals surface area contributed by atoms with Crippen LogP contribution in [0.3, 0.4) is 0 Å². The fourth-order valence-corrected chi connectivity index (χ4v) is 10.7. The highest BCUT2D eigenvalue weighted by molar-refractivity contribution is 6.35. The van der Waals surface area contributed by atoms with Crippen LogP contribution in [0, 0.1) is 5.82 Å². The van der Waals surface area contributed by atoms with Gasteiger partial charge in [-0.1, -0.05) is 127 Å². The molecule has 5 aromatic rings. The number of aliphatic carboxylic acids is 1. The van der Waals surface area contributed by atoms with Crippen LogP contribution in [0.25, 0.3) is 12.2 Å². The maximum atomic E-state index is 13.2. The van der Waals surface area contributed by atoms with E-state index in [0.29, 0.717) is 57.0 Å². The maximum absolute atomic E-state index is 13.2. The molecule has 0 fully saturated rings.